The molecular weight excluding hydrogens is 262 g/mol. The lowest BCUT2D eigenvalue weighted by atomic mass is 10.3. The van der Waals surface area contributed by atoms with Crippen LogP contribution in [0.2, 0.25) is 0 Å². The summed E-state index contributed by atoms with van der Waals surface area (Å²) in [6.45, 7) is 6.11. The van der Waals surface area contributed by atoms with E-state index in [0.717, 1.165) is 11.3 Å². The van der Waals surface area contributed by atoms with Crippen molar-refractivity contribution in [2.24, 2.45) is 0 Å². The monoisotopic (exact) mass is 281 g/mol. The average molecular weight is 281 g/mol. The molecule has 1 aromatic heterocycles. The van der Waals surface area contributed by atoms with Crippen LogP contribution in [0, 0.1) is 6.92 Å². The second-order valence-electron chi connectivity index (χ2n) is 4.15. The largest absolute Gasteiger partial charge is 0.449 e. The summed E-state index contributed by atoms with van der Waals surface area (Å²) in [5, 5.41) is 2.68. The summed E-state index contributed by atoms with van der Waals surface area (Å²) in [5.41, 5.74) is 0. The Morgan fingerprint density at radius 2 is 2.21 bits per heavy atom. The first kappa shape index (κ1) is 15.4. The minimum Gasteiger partial charge on any atom is -0.449 e. The van der Waals surface area contributed by atoms with Crippen molar-refractivity contribution in [3.8, 4) is 0 Å². The molecule has 19 heavy (non-hydrogen) atoms. The summed E-state index contributed by atoms with van der Waals surface area (Å²) in [6, 6.07) is 3.91. The van der Waals surface area contributed by atoms with Gasteiger partial charge in [0.2, 0.25) is 0 Å². The molecule has 1 atom stereocenters. The molecule has 1 rings (SSSR count). The van der Waals surface area contributed by atoms with Crippen LogP contribution >= 0.6 is 11.3 Å². The standard InChI is InChI=1S/C14H19NO3S/c1-4-9-15-14(17)11(3)18-13(16)8-7-12-6-5-10(2)19-12/h5-8,11H,4,9H2,1-3H3,(H,15,17)/b8-7+/t11-/m1/s1. The predicted octanol–water partition coefficient (Wildman–Crippen LogP) is 2.53. The van der Waals surface area contributed by atoms with E-state index >= 15 is 0 Å². The van der Waals surface area contributed by atoms with E-state index in [1.807, 2.05) is 26.0 Å². The Kier molecular flexibility index (Phi) is 6.29. The van der Waals surface area contributed by atoms with Gasteiger partial charge < -0.3 is 10.1 Å². The van der Waals surface area contributed by atoms with Crippen LogP contribution in [0.4, 0.5) is 0 Å². The maximum atomic E-state index is 11.5. The van der Waals surface area contributed by atoms with Gasteiger partial charge in [0.25, 0.3) is 5.91 Å². The number of nitrogens with one attached hydrogen (secondary N) is 1. The van der Waals surface area contributed by atoms with Crippen molar-refractivity contribution in [2.45, 2.75) is 33.3 Å². The number of esters is 1. The number of ether oxygens (including phenoxy) is 1. The number of hydrogen-bond acceptors (Lipinski definition) is 4. The quantitative estimate of drug-likeness (QED) is 0.644. The van der Waals surface area contributed by atoms with E-state index in [2.05, 4.69) is 5.32 Å². The van der Waals surface area contributed by atoms with Crippen LogP contribution in [0.5, 0.6) is 0 Å². The number of carbonyl (C=O) groups excluding carboxylic acids is 2. The van der Waals surface area contributed by atoms with Gasteiger partial charge in [-0.3, -0.25) is 4.79 Å². The molecule has 0 aliphatic heterocycles. The number of hydrogen-bond donors (Lipinski definition) is 1. The van der Waals surface area contributed by atoms with Gasteiger partial charge in [0.05, 0.1) is 0 Å². The number of carbonyl (C=O) groups is 2. The molecule has 0 bridgehead atoms. The first-order valence-corrected chi connectivity index (χ1v) is 7.07. The lowest BCUT2D eigenvalue weighted by Gasteiger charge is -2.11. The molecule has 0 aromatic carbocycles. The van der Waals surface area contributed by atoms with Crippen LogP contribution in [0.1, 0.15) is 30.0 Å². The molecule has 4 nitrogen and oxygen atoms in total. The molecule has 0 aliphatic rings. The van der Waals surface area contributed by atoms with Gasteiger partial charge in [0, 0.05) is 22.4 Å². The second kappa shape index (κ2) is 7.74. The molecule has 1 aromatic rings. The van der Waals surface area contributed by atoms with Crippen molar-refractivity contribution in [1.82, 2.24) is 5.32 Å². The van der Waals surface area contributed by atoms with Gasteiger partial charge in [0.1, 0.15) is 0 Å². The number of thiophene rings is 1. The highest BCUT2D eigenvalue weighted by Crippen LogP contribution is 2.16. The minimum atomic E-state index is -0.770. The zero-order chi connectivity index (χ0) is 14.3. The van der Waals surface area contributed by atoms with Gasteiger partial charge in [-0.1, -0.05) is 6.92 Å². The highest BCUT2D eigenvalue weighted by molar-refractivity contribution is 7.12. The van der Waals surface area contributed by atoms with Crippen LogP contribution in [-0.4, -0.2) is 24.5 Å². The van der Waals surface area contributed by atoms with E-state index in [1.165, 1.54) is 11.0 Å². The lowest BCUT2D eigenvalue weighted by Crippen LogP contribution is -2.35. The third-order valence-corrected chi connectivity index (χ3v) is 3.32. The molecule has 0 unspecified atom stereocenters. The first-order valence-electron chi connectivity index (χ1n) is 6.25. The zero-order valence-corrected chi connectivity index (χ0v) is 12.3. The lowest BCUT2D eigenvalue weighted by molar-refractivity contribution is -0.150. The molecule has 0 spiro atoms. The van der Waals surface area contributed by atoms with Crippen molar-refractivity contribution in [2.75, 3.05) is 6.54 Å². The van der Waals surface area contributed by atoms with E-state index in [1.54, 1.807) is 24.3 Å². The molecule has 5 heteroatoms. The third-order valence-electron chi connectivity index (χ3n) is 2.36. The molecule has 104 valence electrons. The summed E-state index contributed by atoms with van der Waals surface area (Å²) < 4.78 is 5.00. The number of aryl methyl sites for hydroxylation is 1. The molecule has 1 heterocycles. The molecule has 1 N–H and O–H groups in total. The fourth-order valence-electron chi connectivity index (χ4n) is 1.35. The maximum absolute atomic E-state index is 11.5. The van der Waals surface area contributed by atoms with Crippen LogP contribution in [0.25, 0.3) is 6.08 Å². The summed E-state index contributed by atoms with van der Waals surface area (Å²) in [6.07, 6.45) is 3.11. The predicted molar refractivity (Wildman–Crippen MR) is 76.9 cm³/mol. The third kappa shape index (κ3) is 5.70. The van der Waals surface area contributed by atoms with Gasteiger partial charge in [-0.05, 0) is 38.5 Å². The summed E-state index contributed by atoms with van der Waals surface area (Å²) >= 11 is 1.59. The van der Waals surface area contributed by atoms with Gasteiger partial charge in [0.15, 0.2) is 6.10 Å². The fraction of sp³-hybridized carbons (Fsp3) is 0.429. The van der Waals surface area contributed by atoms with Crippen molar-refractivity contribution >= 4 is 29.3 Å². The van der Waals surface area contributed by atoms with Crippen molar-refractivity contribution in [3.05, 3.63) is 28.0 Å². The van der Waals surface area contributed by atoms with Crippen LogP contribution in [0.15, 0.2) is 18.2 Å². The van der Waals surface area contributed by atoms with Gasteiger partial charge in [-0.25, -0.2) is 4.79 Å². The summed E-state index contributed by atoms with van der Waals surface area (Å²) in [7, 11) is 0. The SMILES string of the molecule is CCCNC(=O)[C@@H](C)OC(=O)/C=C/c1ccc(C)s1. The Bertz CT molecular complexity index is 465. The van der Waals surface area contributed by atoms with E-state index in [-0.39, 0.29) is 5.91 Å². The maximum Gasteiger partial charge on any atom is 0.331 e. The molecule has 0 radical (unpaired) electrons. The van der Waals surface area contributed by atoms with Crippen molar-refractivity contribution in [3.63, 3.8) is 0 Å². The first-order chi connectivity index (χ1) is 9.02. The summed E-state index contributed by atoms with van der Waals surface area (Å²) in [5.74, 6) is -0.777. The average Bonchev–Trinajstić information content (AvgIpc) is 2.79. The Morgan fingerprint density at radius 3 is 2.79 bits per heavy atom. The van der Waals surface area contributed by atoms with Crippen molar-refractivity contribution in [1.29, 1.82) is 0 Å². The van der Waals surface area contributed by atoms with Crippen molar-refractivity contribution < 1.29 is 14.3 Å². The van der Waals surface area contributed by atoms with Crippen LogP contribution in [-0.2, 0) is 14.3 Å². The molecular formula is C14H19NO3S. The van der Waals surface area contributed by atoms with Gasteiger partial charge >= 0.3 is 5.97 Å². The smallest absolute Gasteiger partial charge is 0.331 e. The number of rotatable bonds is 6. The molecule has 0 saturated carbocycles. The van der Waals surface area contributed by atoms with Gasteiger partial charge in [-0.15, -0.1) is 11.3 Å². The number of amides is 1. The van der Waals surface area contributed by atoms with E-state index < -0.39 is 12.1 Å². The normalized spacial score (nSPS) is 12.4. The zero-order valence-electron chi connectivity index (χ0n) is 11.4. The highest BCUT2D eigenvalue weighted by Gasteiger charge is 2.15. The summed E-state index contributed by atoms with van der Waals surface area (Å²) in [4.78, 5) is 25.2. The molecule has 0 aliphatic carbocycles. The van der Waals surface area contributed by atoms with E-state index in [0.29, 0.717) is 6.54 Å². The molecule has 0 fully saturated rings. The topological polar surface area (TPSA) is 55.4 Å². The Balaban J connectivity index is 2.42. The van der Waals surface area contributed by atoms with E-state index in [9.17, 15) is 9.59 Å². The Labute approximate surface area is 117 Å². The van der Waals surface area contributed by atoms with Crippen LogP contribution in [0.3, 0.4) is 0 Å². The molecule has 1 amide bonds. The second-order valence-corrected chi connectivity index (χ2v) is 5.47. The van der Waals surface area contributed by atoms with E-state index in [4.69, 9.17) is 4.74 Å². The fourth-order valence-corrected chi connectivity index (χ4v) is 2.13. The highest BCUT2D eigenvalue weighted by atomic mass is 32.1. The molecule has 0 saturated heterocycles. The Morgan fingerprint density at radius 1 is 1.47 bits per heavy atom. The van der Waals surface area contributed by atoms with Crippen LogP contribution < -0.4 is 5.32 Å². The van der Waals surface area contributed by atoms with Gasteiger partial charge in [-0.2, -0.15) is 0 Å². The minimum absolute atomic E-state index is 0.268. The Hall–Kier alpha value is -1.62.